The highest BCUT2D eigenvalue weighted by atomic mass is 16.7. The van der Waals surface area contributed by atoms with Gasteiger partial charge in [-0.15, -0.1) is 0 Å². The average molecular weight is 370 g/mol. The summed E-state index contributed by atoms with van der Waals surface area (Å²) < 4.78 is 0. The number of nitrogens with zero attached hydrogens (tertiary/aromatic N) is 1. The van der Waals surface area contributed by atoms with Gasteiger partial charge in [0.1, 0.15) is 0 Å². The van der Waals surface area contributed by atoms with Crippen molar-refractivity contribution in [2.75, 3.05) is 33.8 Å². The maximum Gasteiger partial charge on any atom is 0.243 e. The minimum atomic E-state index is -0.0248. The van der Waals surface area contributed by atoms with E-state index >= 15 is 0 Å². The van der Waals surface area contributed by atoms with Gasteiger partial charge in [0.2, 0.25) is 11.8 Å². The van der Waals surface area contributed by atoms with E-state index in [4.69, 9.17) is 4.84 Å². The molecule has 2 N–H and O–H groups in total. The van der Waals surface area contributed by atoms with E-state index in [0.29, 0.717) is 19.6 Å². The number of amides is 2. The molecule has 0 heterocycles. The highest BCUT2D eigenvalue weighted by molar-refractivity contribution is 5.87. The van der Waals surface area contributed by atoms with Crippen LogP contribution in [0.25, 0.3) is 0 Å². The zero-order chi connectivity index (χ0) is 19.8. The molecule has 0 aliphatic heterocycles. The fourth-order valence-corrected chi connectivity index (χ4v) is 2.15. The molecule has 0 rings (SSSR count). The molecule has 0 saturated carbocycles. The van der Waals surface area contributed by atoms with Gasteiger partial charge in [0.05, 0.1) is 6.61 Å². The number of hydrogen-bond donors (Lipinski definition) is 2. The van der Waals surface area contributed by atoms with E-state index in [9.17, 15) is 9.59 Å². The molecule has 6 nitrogen and oxygen atoms in total. The fraction of sp³-hybridized carbons (Fsp3) is 0.800. The molecule has 26 heavy (non-hydrogen) atoms. The van der Waals surface area contributed by atoms with Crippen LogP contribution >= 0.6 is 0 Å². The number of allylic oxidation sites excluding steroid dienone is 1. The Morgan fingerprint density at radius 1 is 0.923 bits per heavy atom. The minimum absolute atomic E-state index is 0.0248. The third-order valence-corrected chi connectivity index (χ3v) is 3.61. The van der Waals surface area contributed by atoms with Crippen molar-refractivity contribution in [3.05, 3.63) is 12.2 Å². The maximum absolute atomic E-state index is 11.7. The van der Waals surface area contributed by atoms with Crippen molar-refractivity contribution >= 4 is 11.8 Å². The zero-order valence-corrected chi connectivity index (χ0v) is 17.4. The van der Waals surface area contributed by atoms with Gasteiger partial charge in [-0.05, 0) is 37.2 Å². The Balaban J connectivity index is 3.41. The van der Waals surface area contributed by atoms with Crippen LogP contribution in [0.3, 0.4) is 0 Å². The van der Waals surface area contributed by atoms with Crippen LogP contribution in [0.1, 0.15) is 65.7 Å². The molecule has 0 unspecified atom stereocenters. The number of hydroxylamine groups is 2. The Labute approximate surface area is 159 Å². The molecule has 0 bridgehead atoms. The standard InChI is InChI=1S/C20H39N3O3/c1-20(2,3)14-13-19(25)22-16-10-7-6-9-15-21-18(24)12-8-11-17-26-23(4)5/h13-14H,6-12,15-17H2,1-5H3,(H,21,24)(H,22,25)/b14-13+. The van der Waals surface area contributed by atoms with Crippen molar-refractivity contribution in [2.45, 2.75) is 65.7 Å². The molecule has 0 aromatic carbocycles. The molecule has 0 atom stereocenters. The summed E-state index contributed by atoms with van der Waals surface area (Å²) in [6.07, 6.45) is 9.90. The van der Waals surface area contributed by atoms with Gasteiger partial charge in [0, 0.05) is 33.6 Å². The van der Waals surface area contributed by atoms with E-state index in [2.05, 4.69) is 31.4 Å². The van der Waals surface area contributed by atoms with E-state index < -0.39 is 0 Å². The molecular formula is C20H39N3O3. The minimum Gasteiger partial charge on any atom is -0.356 e. The van der Waals surface area contributed by atoms with Crippen LogP contribution < -0.4 is 10.6 Å². The number of hydrogen-bond acceptors (Lipinski definition) is 4. The molecule has 0 radical (unpaired) electrons. The first-order valence-electron chi connectivity index (χ1n) is 9.75. The average Bonchev–Trinajstić information content (AvgIpc) is 2.54. The topological polar surface area (TPSA) is 70.7 Å². The van der Waals surface area contributed by atoms with Gasteiger partial charge in [-0.2, -0.15) is 5.06 Å². The molecule has 0 aromatic rings. The summed E-state index contributed by atoms with van der Waals surface area (Å²) in [4.78, 5) is 28.6. The lowest BCUT2D eigenvalue weighted by atomic mass is 9.96. The van der Waals surface area contributed by atoms with Crippen LogP contribution in [-0.4, -0.2) is 50.7 Å². The normalized spacial score (nSPS) is 11.9. The van der Waals surface area contributed by atoms with Crippen molar-refractivity contribution in [3.63, 3.8) is 0 Å². The van der Waals surface area contributed by atoms with E-state index in [0.717, 1.165) is 45.1 Å². The Hall–Kier alpha value is -1.40. The van der Waals surface area contributed by atoms with Crippen LogP contribution in [-0.2, 0) is 14.4 Å². The lowest BCUT2D eigenvalue weighted by molar-refractivity contribution is -0.124. The molecule has 0 aromatic heterocycles. The van der Waals surface area contributed by atoms with E-state index in [1.165, 1.54) is 0 Å². The van der Waals surface area contributed by atoms with E-state index in [-0.39, 0.29) is 17.2 Å². The van der Waals surface area contributed by atoms with Crippen LogP contribution in [0.4, 0.5) is 0 Å². The first-order chi connectivity index (χ1) is 12.2. The van der Waals surface area contributed by atoms with Crippen molar-refractivity contribution in [2.24, 2.45) is 5.41 Å². The molecule has 152 valence electrons. The zero-order valence-electron chi connectivity index (χ0n) is 17.4. The highest BCUT2D eigenvalue weighted by Gasteiger charge is 2.05. The van der Waals surface area contributed by atoms with E-state index in [1.807, 2.05) is 20.2 Å². The number of nitrogens with one attached hydrogen (secondary N) is 2. The van der Waals surface area contributed by atoms with Gasteiger partial charge in [-0.3, -0.25) is 14.4 Å². The van der Waals surface area contributed by atoms with Crippen LogP contribution in [0.5, 0.6) is 0 Å². The van der Waals surface area contributed by atoms with Gasteiger partial charge < -0.3 is 10.6 Å². The largest absolute Gasteiger partial charge is 0.356 e. The van der Waals surface area contributed by atoms with Crippen LogP contribution in [0.15, 0.2) is 12.2 Å². The van der Waals surface area contributed by atoms with Gasteiger partial charge in [-0.1, -0.05) is 39.7 Å². The second kappa shape index (κ2) is 14.7. The predicted octanol–water partition coefficient (Wildman–Crippen LogP) is 3.05. The van der Waals surface area contributed by atoms with Crippen LogP contribution in [0.2, 0.25) is 0 Å². The first-order valence-corrected chi connectivity index (χ1v) is 9.75. The van der Waals surface area contributed by atoms with Crippen LogP contribution in [0, 0.1) is 5.41 Å². The Morgan fingerprint density at radius 2 is 1.54 bits per heavy atom. The summed E-state index contributed by atoms with van der Waals surface area (Å²) >= 11 is 0. The molecule has 0 fully saturated rings. The Morgan fingerprint density at radius 3 is 2.12 bits per heavy atom. The molecule has 0 aliphatic rings. The summed E-state index contributed by atoms with van der Waals surface area (Å²) in [6.45, 7) is 8.28. The Bertz CT molecular complexity index is 415. The Kier molecular flexibility index (Phi) is 13.9. The van der Waals surface area contributed by atoms with Gasteiger partial charge in [0.15, 0.2) is 0 Å². The van der Waals surface area contributed by atoms with Crippen molar-refractivity contribution in [3.8, 4) is 0 Å². The molecular weight excluding hydrogens is 330 g/mol. The number of carbonyl (C=O) groups is 2. The molecule has 2 amide bonds. The molecule has 0 spiro atoms. The van der Waals surface area contributed by atoms with Gasteiger partial charge in [-0.25, -0.2) is 0 Å². The fourth-order valence-electron chi connectivity index (χ4n) is 2.15. The van der Waals surface area contributed by atoms with Crippen molar-refractivity contribution < 1.29 is 14.4 Å². The van der Waals surface area contributed by atoms with E-state index in [1.54, 1.807) is 11.1 Å². The van der Waals surface area contributed by atoms with Gasteiger partial charge >= 0.3 is 0 Å². The number of carbonyl (C=O) groups excluding carboxylic acids is 2. The second-order valence-electron chi connectivity index (χ2n) is 7.86. The second-order valence-corrected chi connectivity index (χ2v) is 7.86. The van der Waals surface area contributed by atoms with Crippen molar-refractivity contribution in [1.82, 2.24) is 15.7 Å². The quantitative estimate of drug-likeness (QED) is 0.280. The summed E-state index contributed by atoms with van der Waals surface area (Å²) in [6, 6.07) is 0. The van der Waals surface area contributed by atoms with Gasteiger partial charge in [0.25, 0.3) is 0 Å². The lowest BCUT2D eigenvalue weighted by Gasteiger charge is -2.11. The third-order valence-electron chi connectivity index (χ3n) is 3.61. The monoisotopic (exact) mass is 369 g/mol. The lowest BCUT2D eigenvalue weighted by Crippen LogP contribution is -2.24. The molecule has 6 heteroatoms. The number of rotatable bonds is 14. The maximum atomic E-state index is 11.7. The third kappa shape index (κ3) is 18.9. The molecule has 0 saturated heterocycles. The smallest absolute Gasteiger partial charge is 0.243 e. The number of unbranched alkanes of at least 4 members (excludes halogenated alkanes) is 4. The van der Waals surface area contributed by atoms with Crippen molar-refractivity contribution in [1.29, 1.82) is 0 Å². The first kappa shape index (κ1) is 24.6. The summed E-state index contributed by atoms with van der Waals surface area (Å²) in [7, 11) is 3.70. The molecule has 0 aliphatic carbocycles. The summed E-state index contributed by atoms with van der Waals surface area (Å²) in [5.74, 6) is 0.0934. The SMILES string of the molecule is CN(C)OCCCCC(=O)NCCCCCCNC(=O)/C=C/C(C)(C)C. The summed E-state index contributed by atoms with van der Waals surface area (Å²) in [5.41, 5.74) is 0.0295. The highest BCUT2D eigenvalue weighted by Crippen LogP contribution is 2.13. The predicted molar refractivity (Wildman–Crippen MR) is 107 cm³/mol. The summed E-state index contributed by atoms with van der Waals surface area (Å²) in [5, 5.41) is 7.52.